The van der Waals surface area contributed by atoms with Crippen molar-refractivity contribution in [3.63, 3.8) is 0 Å². The van der Waals surface area contributed by atoms with Gasteiger partial charge in [0.05, 0.1) is 0 Å². The Labute approximate surface area is 146 Å². The molecule has 0 aromatic heterocycles. The lowest BCUT2D eigenvalue weighted by atomic mass is 10.1. The number of hydrogen-bond acceptors (Lipinski definition) is 3. The lowest BCUT2D eigenvalue weighted by Crippen LogP contribution is -2.42. The molecule has 2 rings (SSSR count). The molecule has 0 aliphatic rings. The largest absolute Gasteiger partial charge is 0.352 e. The molecule has 0 unspecified atom stereocenters. The maximum Gasteiger partial charge on any atom is 0.269 e. The Morgan fingerprint density at radius 3 is 2.28 bits per heavy atom. The van der Waals surface area contributed by atoms with Crippen LogP contribution in [0, 0.1) is 6.92 Å². The van der Waals surface area contributed by atoms with Gasteiger partial charge in [0.15, 0.2) is 0 Å². The number of amides is 3. The summed E-state index contributed by atoms with van der Waals surface area (Å²) in [5.41, 5.74) is 7.05. The van der Waals surface area contributed by atoms with Crippen LogP contribution in [0.15, 0.2) is 54.6 Å². The van der Waals surface area contributed by atoms with Gasteiger partial charge in [-0.15, -0.1) is 0 Å². The summed E-state index contributed by atoms with van der Waals surface area (Å²) in [6.07, 6.45) is 0.0493. The molecule has 6 heteroatoms. The third-order valence-electron chi connectivity index (χ3n) is 3.51. The molecular formula is C19H21N3O3. The van der Waals surface area contributed by atoms with Gasteiger partial charge < -0.3 is 5.32 Å². The number of hydrogen-bond donors (Lipinski definition) is 3. The highest BCUT2D eigenvalue weighted by Crippen LogP contribution is 2.03. The molecule has 6 nitrogen and oxygen atoms in total. The van der Waals surface area contributed by atoms with Crippen molar-refractivity contribution in [2.75, 3.05) is 0 Å². The number of carbonyl (C=O) groups is 3. The molecule has 0 heterocycles. The van der Waals surface area contributed by atoms with Crippen molar-refractivity contribution in [3.8, 4) is 0 Å². The average Bonchev–Trinajstić information content (AvgIpc) is 2.63. The smallest absolute Gasteiger partial charge is 0.269 e. The van der Waals surface area contributed by atoms with Crippen LogP contribution in [0.4, 0.5) is 0 Å². The quantitative estimate of drug-likeness (QED) is 0.702. The molecule has 0 radical (unpaired) electrons. The standard InChI is InChI=1S/C19H21N3O3/c1-14-6-5-9-16(12-14)19(25)22-21-18(24)11-10-17(23)20-13-15-7-3-2-4-8-15/h2-9,12H,10-11,13H2,1H3,(H,20,23)(H,21,24)(H,22,25). The summed E-state index contributed by atoms with van der Waals surface area (Å²) in [5, 5.41) is 2.74. The second-order valence-electron chi connectivity index (χ2n) is 5.63. The number of rotatable bonds is 6. The Balaban J connectivity index is 1.66. The topological polar surface area (TPSA) is 87.3 Å². The number of carbonyl (C=O) groups excluding carboxylic acids is 3. The van der Waals surface area contributed by atoms with E-state index in [0.717, 1.165) is 11.1 Å². The fraction of sp³-hybridized carbons (Fsp3) is 0.211. The molecule has 25 heavy (non-hydrogen) atoms. The van der Waals surface area contributed by atoms with Gasteiger partial charge in [0, 0.05) is 24.9 Å². The molecule has 0 aliphatic carbocycles. The minimum atomic E-state index is -0.420. The van der Waals surface area contributed by atoms with E-state index in [1.165, 1.54) is 0 Å². The van der Waals surface area contributed by atoms with E-state index in [4.69, 9.17) is 0 Å². The van der Waals surface area contributed by atoms with Gasteiger partial charge in [-0.25, -0.2) is 0 Å². The second kappa shape index (κ2) is 9.22. The van der Waals surface area contributed by atoms with E-state index < -0.39 is 11.8 Å². The minimum absolute atomic E-state index is 0.00524. The van der Waals surface area contributed by atoms with Crippen molar-refractivity contribution >= 4 is 17.7 Å². The molecule has 3 amide bonds. The second-order valence-corrected chi connectivity index (χ2v) is 5.63. The van der Waals surface area contributed by atoms with Gasteiger partial charge in [-0.05, 0) is 24.6 Å². The van der Waals surface area contributed by atoms with Gasteiger partial charge in [-0.3, -0.25) is 25.2 Å². The summed E-state index contributed by atoms with van der Waals surface area (Å²) in [6, 6.07) is 16.5. The van der Waals surface area contributed by atoms with E-state index >= 15 is 0 Å². The van der Waals surface area contributed by atoms with Crippen molar-refractivity contribution < 1.29 is 14.4 Å². The van der Waals surface area contributed by atoms with E-state index in [-0.39, 0.29) is 18.7 Å². The van der Waals surface area contributed by atoms with Crippen LogP contribution in [0.3, 0.4) is 0 Å². The van der Waals surface area contributed by atoms with Crippen LogP contribution in [-0.4, -0.2) is 17.7 Å². The average molecular weight is 339 g/mol. The van der Waals surface area contributed by atoms with Crippen molar-refractivity contribution in [3.05, 3.63) is 71.3 Å². The first-order valence-corrected chi connectivity index (χ1v) is 8.01. The summed E-state index contributed by atoms with van der Waals surface area (Å²) in [5.74, 6) is -1.04. The normalized spacial score (nSPS) is 9.96. The first-order valence-electron chi connectivity index (χ1n) is 8.01. The van der Waals surface area contributed by atoms with Crippen molar-refractivity contribution in [1.29, 1.82) is 0 Å². The van der Waals surface area contributed by atoms with Crippen LogP contribution in [0.1, 0.15) is 34.3 Å². The number of hydrazine groups is 1. The predicted molar refractivity (Wildman–Crippen MR) is 94.3 cm³/mol. The molecule has 3 N–H and O–H groups in total. The Kier molecular flexibility index (Phi) is 6.71. The Bertz CT molecular complexity index is 745. The van der Waals surface area contributed by atoms with E-state index in [1.54, 1.807) is 18.2 Å². The molecule has 0 saturated heterocycles. The fourth-order valence-electron chi connectivity index (χ4n) is 2.16. The van der Waals surface area contributed by atoms with Crippen LogP contribution in [0.5, 0.6) is 0 Å². The van der Waals surface area contributed by atoms with Gasteiger partial charge in [-0.2, -0.15) is 0 Å². The van der Waals surface area contributed by atoms with Crippen LogP contribution < -0.4 is 16.2 Å². The molecule has 0 bridgehead atoms. The summed E-state index contributed by atoms with van der Waals surface area (Å²) >= 11 is 0. The summed E-state index contributed by atoms with van der Waals surface area (Å²) in [7, 11) is 0. The van der Waals surface area contributed by atoms with Gasteiger partial charge in [0.1, 0.15) is 0 Å². The zero-order valence-corrected chi connectivity index (χ0v) is 14.0. The van der Waals surface area contributed by atoms with Crippen LogP contribution in [-0.2, 0) is 16.1 Å². The summed E-state index contributed by atoms with van der Waals surface area (Å²) < 4.78 is 0. The molecule has 0 spiro atoms. The molecule has 0 saturated carbocycles. The highest BCUT2D eigenvalue weighted by Gasteiger charge is 2.09. The highest BCUT2D eigenvalue weighted by molar-refractivity contribution is 5.95. The van der Waals surface area contributed by atoms with Crippen LogP contribution in [0.2, 0.25) is 0 Å². The van der Waals surface area contributed by atoms with Crippen molar-refractivity contribution in [2.45, 2.75) is 26.3 Å². The predicted octanol–water partition coefficient (Wildman–Crippen LogP) is 1.85. The molecule has 0 aliphatic heterocycles. The van der Waals surface area contributed by atoms with Gasteiger partial charge in [0.25, 0.3) is 5.91 Å². The number of aryl methyl sites for hydroxylation is 1. The van der Waals surface area contributed by atoms with Gasteiger partial charge >= 0.3 is 0 Å². The Morgan fingerprint density at radius 1 is 0.840 bits per heavy atom. The first-order chi connectivity index (χ1) is 12.0. The Morgan fingerprint density at radius 2 is 1.56 bits per heavy atom. The molecular weight excluding hydrogens is 318 g/mol. The zero-order valence-electron chi connectivity index (χ0n) is 14.0. The van der Waals surface area contributed by atoms with Gasteiger partial charge in [0.2, 0.25) is 11.8 Å². The first kappa shape index (κ1) is 18.2. The molecule has 0 atom stereocenters. The maximum absolute atomic E-state index is 11.9. The van der Waals surface area contributed by atoms with E-state index in [2.05, 4.69) is 16.2 Å². The SMILES string of the molecule is Cc1cccc(C(=O)NNC(=O)CCC(=O)NCc2ccccc2)c1. The third-order valence-corrected chi connectivity index (χ3v) is 3.51. The summed E-state index contributed by atoms with van der Waals surface area (Å²) in [4.78, 5) is 35.4. The van der Waals surface area contributed by atoms with E-state index in [1.807, 2.05) is 43.3 Å². The van der Waals surface area contributed by atoms with Crippen molar-refractivity contribution in [1.82, 2.24) is 16.2 Å². The minimum Gasteiger partial charge on any atom is -0.352 e. The lowest BCUT2D eigenvalue weighted by molar-refractivity contribution is -0.126. The number of nitrogens with one attached hydrogen (secondary N) is 3. The van der Waals surface area contributed by atoms with Gasteiger partial charge in [-0.1, -0.05) is 48.0 Å². The van der Waals surface area contributed by atoms with Crippen LogP contribution >= 0.6 is 0 Å². The molecule has 130 valence electrons. The van der Waals surface area contributed by atoms with Crippen LogP contribution in [0.25, 0.3) is 0 Å². The summed E-state index contributed by atoms with van der Waals surface area (Å²) in [6.45, 7) is 2.30. The third kappa shape index (κ3) is 6.47. The maximum atomic E-state index is 11.9. The molecule has 2 aromatic rings. The highest BCUT2D eigenvalue weighted by atomic mass is 16.2. The molecule has 2 aromatic carbocycles. The lowest BCUT2D eigenvalue weighted by Gasteiger charge is -2.08. The zero-order chi connectivity index (χ0) is 18.1. The monoisotopic (exact) mass is 339 g/mol. The molecule has 0 fully saturated rings. The van der Waals surface area contributed by atoms with E-state index in [0.29, 0.717) is 12.1 Å². The Hall–Kier alpha value is -3.15. The number of benzene rings is 2. The fourth-order valence-corrected chi connectivity index (χ4v) is 2.16. The van der Waals surface area contributed by atoms with Crippen molar-refractivity contribution in [2.24, 2.45) is 0 Å². The van der Waals surface area contributed by atoms with E-state index in [9.17, 15) is 14.4 Å².